The van der Waals surface area contributed by atoms with Crippen LogP contribution in [0.4, 0.5) is 10.1 Å². The highest BCUT2D eigenvalue weighted by molar-refractivity contribution is 5.93. The summed E-state index contributed by atoms with van der Waals surface area (Å²) >= 11 is 0. The Morgan fingerprint density at radius 3 is 2.69 bits per heavy atom. The lowest BCUT2D eigenvalue weighted by Gasteiger charge is -2.18. The van der Waals surface area contributed by atoms with E-state index in [1.165, 1.54) is 40.1 Å². The highest BCUT2D eigenvalue weighted by atomic mass is 19.1. The average molecular weight is 392 g/mol. The molecule has 7 nitrogen and oxygen atoms in total. The van der Waals surface area contributed by atoms with Crippen molar-refractivity contribution in [2.45, 2.75) is 13.5 Å². The molecule has 0 fully saturated rings. The second kappa shape index (κ2) is 7.31. The third-order valence-corrected chi connectivity index (χ3v) is 4.65. The number of anilines is 1. The molecule has 0 bridgehead atoms. The minimum Gasteiger partial charge on any atom is -0.335 e. The van der Waals surface area contributed by atoms with E-state index in [4.69, 9.17) is 4.52 Å². The molecule has 8 heteroatoms. The number of likely N-dealkylation sites (N-methyl/N-ethyl adjacent to an activating group) is 1. The molecule has 146 valence electrons. The zero-order valence-corrected chi connectivity index (χ0v) is 15.8. The van der Waals surface area contributed by atoms with Crippen molar-refractivity contribution in [1.29, 1.82) is 0 Å². The fourth-order valence-electron chi connectivity index (χ4n) is 3.03. The van der Waals surface area contributed by atoms with Gasteiger partial charge in [-0.1, -0.05) is 17.3 Å². The van der Waals surface area contributed by atoms with Crippen LogP contribution in [0.25, 0.3) is 22.4 Å². The number of hydrogen-bond acceptors (Lipinski definition) is 5. The first-order valence-corrected chi connectivity index (χ1v) is 8.88. The number of amides is 1. The molecule has 0 atom stereocenters. The molecule has 2 heterocycles. The lowest BCUT2D eigenvalue weighted by atomic mass is 10.1. The molecule has 4 aromatic rings. The molecular formula is C21H17FN4O3. The number of nitrogens with zero attached hydrogens (tertiary/aromatic N) is 4. The van der Waals surface area contributed by atoms with Crippen LogP contribution in [0.1, 0.15) is 5.56 Å². The van der Waals surface area contributed by atoms with Crippen LogP contribution >= 0.6 is 0 Å². The molecule has 0 N–H and O–H groups in total. The van der Waals surface area contributed by atoms with Crippen molar-refractivity contribution in [2.24, 2.45) is 0 Å². The summed E-state index contributed by atoms with van der Waals surface area (Å²) in [5, 5.41) is 4.04. The molecule has 0 aliphatic heterocycles. The van der Waals surface area contributed by atoms with Gasteiger partial charge in [-0.3, -0.25) is 14.2 Å². The fourth-order valence-corrected chi connectivity index (χ4v) is 3.03. The van der Waals surface area contributed by atoms with Gasteiger partial charge < -0.3 is 9.42 Å². The zero-order chi connectivity index (χ0) is 20.5. The summed E-state index contributed by atoms with van der Waals surface area (Å²) in [5.41, 5.74) is 2.13. The standard InChI is InChI=1S/C21H17FN4O3/c1-13-4-3-5-16(10-13)25(2)17(27)11-26-12-23-20-18(21(26)28)19(24-29-20)14-6-8-15(22)9-7-14/h3-10,12H,11H2,1-2H3. The Labute approximate surface area is 165 Å². The van der Waals surface area contributed by atoms with E-state index in [9.17, 15) is 14.0 Å². The summed E-state index contributed by atoms with van der Waals surface area (Å²) in [5.74, 6) is -0.680. The third-order valence-electron chi connectivity index (χ3n) is 4.65. The van der Waals surface area contributed by atoms with E-state index in [2.05, 4.69) is 10.1 Å². The second-order valence-corrected chi connectivity index (χ2v) is 6.69. The molecule has 0 aliphatic carbocycles. The molecule has 0 spiro atoms. The molecule has 29 heavy (non-hydrogen) atoms. The highest BCUT2D eigenvalue weighted by Crippen LogP contribution is 2.24. The van der Waals surface area contributed by atoms with Gasteiger partial charge in [0.25, 0.3) is 11.3 Å². The number of carbonyl (C=O) groups is 1. The minimum atomic E-state index is -0.457. The summed E-state index contributed by atoms with van der Waals surface area (Å²) in [4.78, 5) is 31.3. The molecule has 4 rings (SSSR count). The first-order chi connectivity index (χ1) is 13.9. The monoisotopic (exact) mass is 392 g/mol. The Morgan fingerprint density at radius 1 is 1.21 bits per heavy atom. The van der Waals surface area contributed by atoms with Crippen LogP contribution in [0, 0.1) is 12.7 Å². The lowest BCUT2D eigenvalue weighted by molar-refractivity contribution is -0.118. The number of aromatic nitrogens is 3. The number of carbonyl (C=O) groups excluding carboxylic acids is 1. The Balaban J connectivity index is 1.69. The fraction of sp³-hybridized carbons (Fsp3) is 0.143. The first-order valence-electron chi connectivity index (χ1n) is 8.88. The quantitative estimate of drug-likeness (QED) is 0.533. The molecule has 0 saturated carbocycles. The number of rotatable bonds is 4. The van der Waals surface area contributed by atoms with Crippen LogP contribution in [0.5, 0.6) is 0 Å². The Kier molecular flexibility index (Phi) is 4.67. The van der Waals surface area contributed by atoms with Gasteiger partial charge >= 0.3 is 0 Å². The van der Waals surface area contributed by atoms with Crippen molar-refractivity contribution in [3.8, 4) is 11.3 Å². The van der Waals surface area contributed by atoms with Crippen molar-refractivity contribution in [3.05, 3.63) is 76.6 Å². The smallest absolute Gasteiger partial charge is 0.267 e. The predicted molar refractivity (Wildman–Crippen MR) is 106 cm³/mol. The molecule has 0 unspecified atom stereocenters. The van der Waals surface area contributed by atoms with Gasteiger partial charge in [0.1, 0.15) is 29.8 Å². The molecule has 0 radical (unpaired) electrons. The van der Waals surface area contributed by atoms with Gasteiger partial charge in [-0.15, -0.1) is 0 Å². The van der Waals surface area contributed by atoms with E-state index in [1.54, 1.807) is 7.05 Å². The number of hydrogen-bond donors (Lipinski definition) is 0. The predicted octanol–water partition coefficient (Wildman–Crippen LogP) is 3.16. The van der Waals surface area contributed by atoms with Crippen LogP contribution in [0.15, 0.2) is 64.2 Å². The highest BCUT2D eigenvalue weighted by Gasteiger charge is 2.19. The number of aryl methyl sites for hydroxylation is 1. The topological polar surface area (TPSA) is 81.2 Å². The summed E-state index contributed by atoms with van der Waals surface area (Å²) in [6.07, 6.45) is 1.26. The van der Waals surface area contributed by atoms with Crippen molar-refractivity contribution in [3.63, 3.8) is 0 Å². The van der Waals surface area contributed by atoms with Crippen molar-refractivity contribution in [2.75, 3.05) is 11.9 Å². The summed E-state index contributed by atoms with van der Waals surface area (Å²) in [6.45, 7) is 1.74. The Bertz CT molecular complexity index is 1260. The van der Waals surface area contributed by atoms with Crippen LogP contribution in [-0.4, -0.2) is 27.7 Å². The summed E-state index contributed by atoms with van der Waals surface area (Å²) in [6, 6.07) is 13.0. The molecule has 1 amide bonds. The van der Waals surface area contributed by atoms with Crippen LogP contribution in [-0.2, 0) is 11.3 Å². The van der Waals surface area contributed by atoms with Crippen LogP contribution < -0.4 is 10.5 Å². The van der Waals surface area contributed by atoms with Gasteiger partial charge in [-0.05, 0) is 48.9 Å². The Hall–Kier alpha value is -3.81. The van der Waals surface area contributed by atoms with Crippen molar-refractivity contribution < 1.29 is 13.7 Å². The molecule has 2 aromatic carbocycles. The van der Waals surface area contributed by atoms with Crippen LogP contribution in [0.2, 0.25) is 0 Å². The summed E-state index contributed by atoms with van der Waals surface area (Å²) in [7, 11) is 1.65. The van der Waals surface area contributed by atoms with Gasteiger partial charge in [0.2, 0.25) is 5.91 Å². The minimum absolute atomic E-state index is 0.0602. The van der Waals surface area contributed by atoms with Gasteiger partial charge in [-0.2, -0.15) is 0 Å². The maximum Gasteiger partial charge on any atom is 0.267 e. The van der Waals surface area contributed by atoms with Gasteiger partial charge in [0.05, 0.1) is 0 Å². The molecule has 2 aromatic heterocycles. The van der Waals surface area contributed by atoms with E-state index in [0.29, 0.717) is 5.56 Å². The van der Waals surface area contributed by atoms with E-state index in [1.807, 2.05) is 31.2 Å². The van der Waals surface area contributed by atoms with E-state index < -0.39 is 11.4 Å². The zero-order valence-electron chi connectivity index (χ0n) is 15.8. The largest absolute Gasteiger partial charge is 0.335 e. The third kappa shape index (κ3) is 3.52. The maximum atomic E-state index is 13.2. The normalized spacial score (nSPS) is 11.0. The van der Waals surface area contributed by atoms with Crippen molar-refractivity contribution in [1.82, 2.24) is 14.7 Å². The number of benzene rings is 2. The molecular weight excluding hydrogens is 375 g/mol. The van der Waals surface area contributed by atoms with E-state index in [0.717, 1.165) is 11.3 Å². The molecule has 0 aliphatic rings. The SMILES string of the molecule is Cc1cccc(N(C)C(=O)Cn2cnc3onc(-c4ccc(F)cc4)c3c2=O)c1. The van der Waals surface area contributed by atoms with Crippen LogP contribution in [0.3, 0.4) is 0 Å². The summed E-state index contributed by atoms with van der Waals surface area (Å²) < 4.78 is 19.6. The second-order valence-electron chi connectivity index (χ2n) is 6.69. The van der Waals surface area contributed by atoms with Gasteiger partial charge in [-0.25, -0.2) is 9.37 Å². The van der Waals surface area contributed by atoms with Crippen molar-refractivity contribution >= 4 is 22.7 Å². The average Bonchev–Trinajstić information content (AvgIpc) is 3.15. The number of fused-ring (bicyclic) bond motifs is 1. The lowest BCUT2D eigenvalue weighted by Crippen LogP contribution is -2.34. The maximum absolute atomic E-state index is 13.2. The van der Waals surface area contributed by atoms with E-state index in [-0.39, 0.29) is 29.2 Å². The first kappa shape index (κ1) is 18.5. The molecule has 0 saturated heterocycles. The number of halogens is 1. The van der Waals surface area contributed by atoms with Gasteiger partial charge in [0.15, 0.2) is 0 Å². The van der Waals surface area contributed by atoms with E-state index >= 15 is 0 Å². The van der Waals surface area contributed by atoms with Gasteiger partial charge in [0, 0.05) is 18.3 Å². The Morgan fingerprint density at radius 2 is 1.97 bits per heavy atom.